The van der Waals surface area contributed by atoms with E-state index in [-0.39, 0.29) is 17.8 Å². The third kappa shape index (κ3) is 3.85. The van der Waals surface area contributed by atoms with Crippen LogP contribution < -0.4 is 0 Å². The molecule has 1 aromatic carbocycles. The SMILES string of the molecule is CCCOC1CCCN(C(=O)c2ccc(I)c(O)c2)C1. The predicted octanol–water partition coefficient (Wildman–Crippen LogP) is 3.03. The summed E-state index contributed by atoms with van der Waals surface area (Å²) in [6, 6.07) is 5.07. The Morgan fingerprint density at radius 1 is 1.55 bits per heavy atom. The summed E-state index contributed by atoms with van der Waals surface area (Å²) in [6.07, 6.45) is 3.12. The Kier molecular flexibility index (Phi) is 5.65. The summed E-state index contributed by atoms with van der Waals surface area (Å²) in [4.78, 5) is 14.3. The zero-order chi connectivity index (χ0) is 14.5. The summed E-state index contributed by atoms with van der Waals surface area (Å²) in [5.41, 5.74) is 0.541. The number of carbonyl (C=O) groups excluding carboxylic acids is 1. The lowest BCUT2D eigenvalue weighted by atomic mass is 10.1. The zero-order valence-corrected chi connectivity index (χ0v) is 13.8. The molecule has 0 radical (unpaired) electrons. The fourth-order valence-corrected chi connectivity index (χ4v) is 2.71. The molecule has 1 fully saturated rings. The molecule has 1 aliphatic rings. The Morgan fingerprint density at radius 2 is 2.35 bits per heavy atom. The lowest BCUT2D eigenvalue weighted by molar-refractivity contribution is 0.00210. The molecule has 1 amide bonds. The molecule has 2 rings (SSSR count). The van der Waals surface area contributed by atoms with E-state index in [1.165, 1.54) is 0 Å². The molecular formula is C15H20INO3. The Bertz CT molecular complexity index is 478. The van der Waals surface area contributed by atoms with Gasteiger partial charge >= 0.3 is 0 Å². The maximum Gasteiger partial charge on any atom is 0.254 e. The molecule has 1 N–H and O–H groups in total. The Morgan fingerprint density at radius 3 is 3.05 bits per heavy atom. The van der Waals surface area contributed by atoms with Crippen molar-refractivity contribution >= 4 is 28.5 Å². The van der Waals surface area contributed by atoms with Crippen LogP contribution in [-0.2, 0) is 4.74 Å². The van der Waals surface area contributed by atoms with E-state index in [2.05, 4.69) is 6.92 Å². The van der Waals surface area contributed by atoms with Crippen LogP contribution in [0.4, 0.5) is 0 Å². The minimum Gasteiger partial charge on any atom is -0.507 e. The van der Waals surface area contributed by atoms with E-state index in [9.17, 15) is 9.90 Å². The van der Waals surface area contributed by atoms with Crippen LogP contribution in [-0.4, -0.2) is 41.7 Å². The highest BCUT2D eigenvalue weighted by atomic mass is 127. The average Bonchev–Trinajstić information content (AvgIpc) is 2.47. The molecule has 0 aliphatic carbocycles. The van der Waals surface area contributed by atoms with Gasteiger partial charge in [-0.05, 0) is 60.1 Å². The molecule has 20 heavy (non-hydrogen) atoms. The molecule has 1 atom stereocenters. The number of hydrogen-bond acceptors (Lipinski definition) is 3. The third-order valence-electron chi connectivity index (χ3n) is 3.42. The monoisotopic (exact) mass is 389 g/mol. The van der Waals surface area contributed by atoms with Gasteiger partial charge in [-0.15, -0.1) is 0 Å². The van der Waals surface area contributed by atoms with Gasteiger partial charge in [-0.3, -0.25) is 4.79 Å². The van der Waals surface area contributed by atoms with Crippen LogP contribution in [0.5, 0.6) is 5.75 Å². The van der Waals surface area contributed by atoms with Gasteiger partial charge in [0.2, 0.25) is 0 Å². The summed E-state index contributed by atoms with van der Waals surface area (Å²) < 4.78 is 6.50. The second-order valence-electron chi connectivity index (χ2n) is 5.05. The smallest absolute Gasteiger partial charge is 0.254 e. The highest BCUT2D eigenvalue weighted by Gasteiger charge is 2.25. The first-order chi connectivity index (χ1) is 9.61. The summed E-state index contributed by atoms with van der Waals surface area (Å²) in [5, 5.41) is 9.71. The Hall–Kier alpha value is -0.820. The summed E-state index contributed by atoms with van der Waals surface area (Å²) in [6.45, 7) is 4.24. The number of carbonyl (C=O) groups is 1. The van der Waals surface area contributed by atoms with Gasteiger partial charge in [0, 0.05) is 25.3 Å². The van der Waals surface area contributed by atoms with E-state index in [0.717, 1.165) is 36.0 Å². The second-order valence-corrected chi connectivity index (χ2v) is 6.21. The number of phenolic OH excluding ortho intramolecular Hbond substituents is 1. The summed E-state index contributed by atoms with van der Waals surface area (Å²) in [7, 11) is 0. The first kappa shape index (κ1) is 15.6. The highest BCUT2D eigenvalue weighted by Crippen LogP contribution is 2.23. The Labute approximate surface area is 133 Å². The zero-order valence-electron chi connectivity index (χ0n) is 11.6. The van der Waals surface area contributed by atoms with Crippen molar-refractivity contribution in [1.82, 2.24) is 4.90 Å². The molecule has 4 nitrogen and oxygen atoms in total. The Balaban J connectivity index is 2.02. The number of benzene rings is 1. The average molecular weight is 389 g/mol. The van der Waals surface area contributed by atoms with Gasteiger partial charge in [0.15, 0.2) is 0 Å². The molecule has 1 heterocycles. The lowest BCUT2D eigenvalue weighted by Crippen LogP contribution is -2.43. The number of halogens is 1. The summed E-state index contributed by atoms with van der Waals surface area (Å²) >= 11 is 2.04. The number of aromatic hydroxyl groups is 1. The van der Waals surface area contributed by atoms with Crippen molar-refractivity contribution in [2.24, 2.45) is 0 Å². The van der Waals surface area contributed by atoms with Crippen molar-refractivity contribution in [2.45, 2.75) is 32.3 Å². The number of piperidine rings is 1. The third-order valence-corrected chi connectivity index (χ3v) is 4.33. The van der Waals surface area contributed by atoms with E-state index in [0.29, 0.717) is 12.1 Å². The number of nitrogens with zero attached hydrogens (tertiary/aromatic N) is 1. The highest BCUT2D eigenvalue weighted by molar-refractivity contribution is 14.1. The number of phenols is 1. The molecule has 1 unspecified atom stereocenters. The molecule has 1 saturated heterocycles. The molecular weight excluding hydrogens is 369 g/mol. The molecule has 0 saturated carbocycles. The number of amides is 1. The topological polar surface area (TPSA) is 49.8 Å². The van der Waals surface area contributed by atoms with Gasteiger partial charge in [-0.1, -0.05) is 6.92 Å². The van der Waals surface area contributed by atoms with Crippen molar-refractivity contribution in [3.8, 4) is 5.75 Å². The number of hydrogen-bond donors (Lipinski definition) is 1. The van der Waals surface area contributed by atoms with Crippen molar-refractivity contribution in [3.63, 3.8) is 0 Å². The van der Waals surface area contributed by atoms with Crippen LogP contribution in [0.3, 0.4) is 0 Å². The molecule has 5 heteroatoms. The second kappa shape index (κ2) is 7.26. The van der Waals surface area contributed by atoms with E-state index in [4.69, 9.17) is 4.74 Å². The fourth-order valence-electron chi connectivity index (χ4n) is 2.37. The molecule has 0 spiro atoms. The number of rotatable bonds is 4. The fraction of sp³-hybridized carbons (Fsp3) is 0.533. The van der Waals surface area contributed by atoms with Crippen LogP contribution in [0.25, 0.3) is 0 Å². The maximum atomic E-state index is 12.4. The van der Waals surface area contributed by atoms with Gasteiger partial charge < -0.3 is 14.7 Å². The number of likely N-dealkylation sites (tertiary alicyclic amines) is 1. The number of ether oxygens (including phenoxy) is 1. The van der Waals surface area contributed by atoms with Gasteiger partial charge in [-0.25, -0.2) is 0 Å². The van der Waals surface area contributed by atoms with E-state index < -0.39 is 0 Å². The lowest BCUT2D eigenvalue weighted by Gasteiger charge is -2.32. The maximum absolute atomic E-state index is 12.4. The quantitative estimate of drug-likeness (QED) is 0.806. The van der Waals surface area contributed by atoms with Crippen LogP contribution >= 0.6 is 22.6 Å². The normalized spacial score (nSPS) is 19.1. The first-order valence-corrected chi connectivity index (χ1v) is 8.09. The minimum atomic E-state index is -0.0264. The first-order valence-electron chi connectivity index (χ1n) is 7.01. The minimum absolute atomic E-state index is 0.0264. The van der Waals surface area contributed by atoms with E-state index in [1.807, 2.05) is 27.5 Å². The van der Waals surface area contributed by atoms with Crippen molar-refractivity contribution in [2.75, 3.05) is 19.7 Å². The van der Waals surface area contributed by atoms with Crippen molar-refractivity contribution in [3.05, 3.63) is 27.3 Å². The molecule has 1 aromatic rings. The van der Waals surface area contributed by atoms with Crippen molar-refractivity contribution < 1.29 is 14.6 Å². The summed E-state index contributed by atoms with van der Waals surface area (Å²) in [5.74, 6) is 0.133. The van der Waals surface area contributed by atoms with Crippen LogP contribution in [0.15, 0.2) is 18.2 Å². The largest absolute Gasteiger partial charge is 0.507 e. The van der Waals surface area contributed by atoms with Crippen molar-refractivity contribution in [1.29, 1.82) is 0 Å². The molecule has 0 aromatic heterocycles. The van der Waals surface area contributed by atoms with Crippen LogP contribution in [0, 0.1) is 3.57 Å². The van der Waals surface area contributed by atoms with Gasteiger partial charge in [0.25, 0.3) is 5.91 Å². The van der Waals surface area contributed by atoms with Gasteiger partial charge in [0.1, 0.15) is 5.75 Å². The van der Waals surface area contributed by atoms with Gasteiger partial charge in [-0.2, -0.15) is 0 Å². The van der Waals surface area contributed by atoms with E-state index in [1.54, 1.807) is 18.2 Å². The van der Waals surface area contributed by atoms with Crippen LogP contribution in [0.1, 0.15) is 36.5 Å². The van der Waals surface area contributed by atoms with E-state index >= 15 is 0 Å². The molecule has 110 valence electrons. The van der Waals surface area contributed by atoms with Crippen LogP contribution in [0.2, 0.25) is 0 Å². The predicted molar refractivity (Wildman–Crippen MR) is 86.0 cm³/mol. The van der Waals surface area contributed by atoms with Gasteiger partial charge in [0.05, 0.1) is 9.67 Å². The molecule has 0 bridgehead atoms. The standard InChI is InChI=1S/C15H20INO3/c1-2-8-20-12-4-3-7-17(10-12)15(19)11-5-6-13(16)14(18)9-11/h5-6,9,12,18H,2-4,7-8,10H2,1H3. The molecule has 1 aliphatic heterocycles.